The van der Waals surface area contributed by atoms with Gasteiger partial charge in [0.15, 0.2) is 0 Å². The summed E-state index contributed by atoms with van der Waals surface area (Å²) >= 11 is 0. The van der Waals surface area contributed by atoms with Gasteiger partial charge in [-0.25, -0.2) is 0 Å². The summed E-state index contributed by atoms with van der Waals surface area (Å²) in [5, 5.41) is 0. The van der Waals surface area contributed by atoms with E-state index in [0.29, 0.717) is 12.5 Å². The summed E-state index contributed by atoms with van der Waals surface area (Å²) < 4.78 is 10.5. The highest BCUT2D eigenvalue weighted by atomic mass is 16.6. The minimum atomic E-state index is -0.560. The van der Waals surface area contributed by atoms with E-state index in [2.05, 4.69) is 6.92 Å². The fourth-order valence-electron chi connectivity index (χ4n) is 2.93. The van der Waals surface area contributed by atoms with Gasteiger partial charge < -0.3 is 9.47 Å². The summed E-state index contributed by atoms with van der Waals surface area (Å²) in [6.07, 6.45) is 3.81. The molecule has 2 rings (SSSR count). The Morgan fingerprint density at radius 1 is 1.47 bits per heavy atom. The molecule has 1 saturated carbocycles. The molecule has 0 aromatic rings. The topological polar surface area (TPSA) is 52.6 Å². The van der Waals surface area contributed by atoms with Crippen molar-refractivity contribution in [3.05, 3.63) is 0 Å². The highest BCUT2D eigenvalue weighted by Gasteiger charge is 2.54. The third-order valence-corrected chi connectivity index (χ3v) is 4.01. The van der Waals surface area contributed by atoms with Crippen LogP contribution in [0.1, 0.15) is 46.0 Å². The lowest BCUT2D eigenvalue weighted by Crippen LogP contribution is -2.43. The maximum absolute atomic E-state index is 11.9. The number of carbonyl (C=O) groups excluding carboxylic acids is 2. The second-order valence-corrected chi connectivity index (χ2v) is 5.23. The zero-order valence-electron chi connectivity index (χ0n) is 10.5. The van der Waals surface area contributed by atoms with Crippen LogP contribution in [-0.4, -0.2) is 24.1 Å². The monoisotopic (exact) mass is 240 g/mol. The van der Waals surface area contributed by atoms with Gasteiger partial charge in [0.05, 0.1) is 13.0 Å². The lowest BCUT2D eigenvalue weighted by molar-refractivity contribution is -0.162. The molecule has 1 atom stereocenters. The molecule has 0 aromatic carbocycles. The van der Waals surface area contributed by atoms with Crippen LogP contribution in [0.2, 0.25) is 0 Å². The van der Waals surface area contributed by atoms with Crippen LogP contribution in [-0.2, 0) is 19.1 Å². The summed E-state index contributed by atoms with van der Waals surface area (Å²) in [5.74, 6) is -0.254. The Morgan fingerprint density at radius 3 is 2.71 bits per heavy atom. The SMILES string of the molecule is CCOC(=O)C1CC(=O)OC12CCC(C)CC2. The van der Waals surface area contributed by atoms with Crippen molar-refractivity contribution in [3.63, 3.8) is 0 Å². The average Bonchev–Trinajstić information content (AvgIpc) is 2.61. The van der Waals surface area contributed by atoms with E-state index in [9.17, 15) is 9.59 Å². The molecule has 1 unspecified atom stereocenters. The molecule has 1 heterocycles. The van der Waals surface area contributed by atoms with E-state index in [4.69, 9.17) is 9.47 Å². The van der Waals surface area contributed by atoms with Gasteiger partial charge in [0, 0.05) is 0 Å². The van der Waals surface area contributed by atoms with Crippen molar-refractivity contribution in [1.29, 1.82) is 0 Å². The second-order valence-electron chi connectivity index (χ2n) is 5.23. The summed E-state index contributed by atoms with van der Waals surface area (Å²) in [6.45, 7) is 4.34. The molecule has 0 amide bonds. The number of rotatable bonds is 2. The fraction of sp³-hybridized carbons (Fsp3) is 0.846. The fourth-order valence-corrected chi connectivity index (χ4v) is 2.93. The molecule has 4 nitrogen and oxygen atoms in total. The van der Waals surface area contributed by atoms with Gasteiger partial charge in [-0.05, 0) is 38.5 Å². The third-order valence-electron chi connectivity index (χ3n) is 4.01. The van der Waals surface area contributed by atoms with Crippen LogP contribution in [0.4, 0.5) is 0 Å². The Bertz CT molecular complexity index is 315. The predicted octanol–water partition coefficient (Wildman–Crippen LogP) is 2.06. The first-order valence-electron chi connectivity index (χ1n) is 6.46. The second kappa shape index (κ2) is 4.67. The Kier molecular flexibility index (Phi) is 3.40. The van der Waals surface area contributed by atoms with Gasteiger partial charge in [-0.3, -0.25) is 9.59 Å². The zero-order chi connectivity index (χ0) is 12.5. The molecule has 1 aliphatic heterocycles. The van der Waals surface area contributed by atoms with Crippen molar-refractivity contribution in [1.82, 2.24) is 0 Å². The quantitative estimate of drug-likeness (QED) is 0.693. The first kappa shape index (κ1) is 12.4. The van der Waals surface area contributed by atoms with E-state index in [-0.39, 0.29) is 24.3 Å². The van der Waals surface area contributed by atoms with Crippen LogP contribution in [0.15, 0.2) is 0 Å². The molecule has 1 saturated heterocycles. The van der Waals surface area contributed by atoms with Gasteiger partial charge >= 0.3 is 11.9 Å². The normalized spacial score (nSPS) is 36.9. The molecule has 0 bridgehead atoms. The van der Waals surface area contributed by atoms with Crippen LogP contribution in [0.25, 0.3) is 0 Å². The first-order chi connectivity index (χ1) is 8.07. The molecule has 0 N–H and O–H groups in total. The van der Waals surface area contributed by atoms with Crippen molar-refractivity contribution < 1.29 is 19.1 Å². The maximum atomic E-state index is 11.9. The summed E-state index contributed by atoms with van der Waals surface area (Å²) in [6, 6.07) is 0. The molecule has 1 aliphatic carbocycles. The van der Waals surface area contributed by atoms with Gasteiger partial charge in [-0.2, -0.15) is 0 Å². The van der Waals surface area contributed by atoms with Crippen molar-refractivity contribution in [2.75, 3.05) is 6.61 Å². The minimum absolute atomic E-state index is 0.188. The molecule has 0 aromatic heterocycles. The van der Waals surface area contributed by atoms with Gasteiger partial charge in [0.1, 0.15) is 11.5 Å². The van der Waals surface area contributed by atoms with E-state index in [1.54, 1.807) is 6.92 Å². The zero-order valence-corrected chi connectivity index (χ0v) is 10.5. The molecule has 96 valence electrons. The number of ether oxygens (including phenoxy) is 2. The molecule has 2 fully saturated rings. The number of esters is 2. The van der Waals surface area contributed by atoms with E-state index in [0.717, 1.165) is 25.7 Å². The highest BCUT2D eigenvalue weighted by Crippen LogP contribution is 2.45. The predicted molar refractivity (Wildman–Crippen MR) is 61.2 cm³/mol. The third kappa shape index (κ3) is 2.31. The van der Waals surface area contributed by atoms with Crippen LogP contribution < -0.4 is 0 Å². The van der Waals surface area contributed by atoms with E-state index in [1.165, 1.54) is 0 Å². The van der Waals surface area contributed by atoms with Crippen LogP contribution in [0, 0.1) is 11.8 Å². The molecule has 17 heavy (non-hydrogen) atoms. The molecule has 4 heteroatoms. The summed E-state index contributed by atoms with van der Waals surface area (Å²) in [5.41, 5.74) is -0.560. The van der Waals surface area contributed by atoms with E-state index >= 15 is 0 Å². The highest BCUT2D eigenvalue weighted by molar-refractivity contribution is 5.84. The van der Waals surface area contributed by atoms with Crippen molar-refractivity contribution in [3.8, 4) is 0 Å². The molecular weight excluding hydrogens is 220 g/mol. The van der Waals surface area contributed by atoms with Crippen molar-refractivity contribution in [2.24, 2.45) is 11.8 Å². The van der Waals surface area contributed by atoms with Crippen LogP contribution >= 0.6 is 0 Å². The number of hydrogen-bond donors (Lipinski definition) is 0. The maximum Gasteiger partial charge on any atom is 0.313 e. The van der Waals surface area contributed by atoms with Crippen molar-refractivity contribution >= 4 is 11.9 Å². The minimum Gasteiger partial charge on any atom is -0.466 e. The average molecular weight is 240 g/mol. The van der Waals surface area contributed by atoms with E-state index < -0.39 is 5.60 Å². The smallest absolute Gasteiger partial charge is 0.313 e. The van der Waals surface area contributed by atoms with Gasteiger partial charge in [-0.15, -0.1) is 0 Å². The lowest BCUT2D eigenvalue weighted by Gasteiger charge is -2.37. The molecule has 2 aliphatic rings. The van der Waals surface area contributed by atoms with Crippen LogP contribution in [0.5, 0.6) is 0 Å². The molecular formula is C13H20O4. The van der Waals surface area contributed by atoms with Gasteiger partial charge in [-0.1, -0.05) is 6.92 Å². The molecule has 0 radical (unpaired) electrons. The Labute approximate surface area is 102 Å². The Balaban J connectivity index is 2.13. The van der Waals surface area contributed by atoms with Gasteiger partial charge in [0.2, 0.25) is 0 Å². The van der Waals surface area contributed by atoms with Crippen molar-refractivity contribution in [2.45, 2.75) is 51.6 Å². The van der Waals surface area contributed by atoms with Gasteiger partial charge in [0.25, 0.3) is 0 Å². The summed E-state index contributed by atoms with van der Waals surface area (Å²) in [4.78, 5) is 23.4. The lowest BCUT2D eigenvalue weighted by atomic mass is 9.73. The number of carbonyl (C=O) groups is 2. The molecule has 1 spiro atoms. The number of hydrogen-bond acceptors (Lipinski definition) is 4. The van der Waals surface area contributed by atoms with E-state index in [1.807, 2.05) is 0 Å². The van der Waals surface area contributed by atoms with Crippen LogP contribution in [0.3, 0.4) is 0 Å². The largest absolute Gasteiger partial charge is 0.466 e. The Morgan fingerprint density at radius 2 is 2.12 bits per heavy atom. The summed E-state index contributed by atoms with van der Waals surface area (Å²) in [7, 11) is 0. The standard InChI is InChI=1S/C13H20O4/c1-3-16-12(15)10-8-11(14)17-13(10)6-4-9(2)5-7-13/h9-10H,3-8H2,1-2H3. The Hall–Kier alpha value is -1.06. The first-order valence-corrected chi connectivity index (χ1v) is 6.46.